The fraction of sp³-hybridized carbons (Fsp3) is 0.462. The van der Waals surface area contributed by atoms with Crippen LogP contribution in [0.25, 0.3) is 0 Å². The molecular weight excluding hydrogens is 280 g/mol. The van der Waals surface area contributed by atoms with Crippen LogP contribution in [-0.4, -0.2) is 51.1 Å². The van der Waals surface area contributed by atoms with Gasteiger partial charge in [-0.2, -0.15) is 0 Å². The Labute approximate surface area is 118 Å². The van der Waals surface area contributed by atoms with Crippen molar-refractivity contribution in [2.24, 2.45) is 0 Å². The highest BCUT2D eigenvalue weighted by Gasteiger charge is 2.32. The normalized spacial score (nSPS) is 18.9. The smallest absolute Gasteiger partial charge is 0.321 e. The predicted octanol–water partition coefficient (Wildman–Crippen LogP) is 1.35. The number of nitrogens with one attached hydrogen (secondary N) is 1. The summed E-state index contributed by atoms with van der Waals surface area (Å²) in [6, 6.07) is 6.74. The summed E-state index contributed by atoms with van der Waals surface area (Å²) in [4.78, 5) is 13.6. The van der Waals surface area contributed by atoms with Gasteiger partial charge in [0.05, 0.1) is 12.4 Å². The van der Waals surface area contributed by atoms with Gasteiger partial charge in [-0.05, 0) is 18.6 Å². The summed E-state index contributed by atoms with van der Waals surface area (Å²) in [6.07, 6.45) is 1.70. The second kappa shape index (κ2) is 5.70. The zero-order valence-electron chi connectivity index (χ0n) is 11.5. The number of amides is 2. The number of hydrogen-bond donors (Lipinski definition) is 1. The van der Waals surface area contributed by atoms with Crippen LogP contribution in [0.3, 0.4) is 0 Å². The van der Waals surface area contributed by atoms with Gasteiger partial charge in [0, 0.05) is 31.1 Å². The van der Waals surface area contributed by atoms with E-state index in [1.54, 1.807) is 31.4 Å². The summed E-state index contributed by atoms with van der Waals surface area (Å²) in [5.74, 6) is 0.651. The van der Waals surface area contributed by atoms with Gasteiger partial charge in [-0.25, -0.2) is 13.2 Å². The number of nitrogens with zero attached hydrogens (tertiary/aromatic N) is 1. The third kappa shape index (κ3) is 3.41. The predicted molar refractivity (Wildman–Crippen MR) is 76.8 cm³/mol. The average molecular weight is 298 g/mol. The number of anilines is 1. The van der Waals surface area contributed by atoms with Gasteiger partial charge in [-0.15, -0.1) is 0 Å². The summed E-state index contributed by atoms with van der Waals surface area (Å²) >= 11 is 0. The summed E-state index contributed by atoms with van der Waals surface area (Å²) in [7, 11) is -1.54. The molecule has 1 N–H and O–H groups in total. The second-order valence-corrected chi connectivity index (χ2v) is 7.17. The number of carbonyl (C=O) groups is 1. The highest BCUT2D eigenvalue weighted by molar-refractivity contribution is 7.91. The number of urea groups is 1. The molecule has 2 amide bonds. The number of carbonyl (C=O) groups excluding carboxylic acids is 1. The van der Waals surface area contributed by atoms with Crippen LogP contribution in [0.2, 0.25) is 0 Å². The summed E-state index contributed by atoms with van der Waals surface area (Å²) in [5.41, 5.74) is 0.622. The summed E-state index contributed by atoms with van der Waals surface area (Å²) in [6.45, 7) is 0.697. The Bertz CT molecular complexity index is 600. The molecular formula is C13H18N2O4S. The summed E-state index contributed by atoms with van der Waals surface area (Å²) < 4.78 is 28.0. The number of benzene rings is 1. The number of rotatable bonds is 3. The largest absolute Gasteiger partial charge is 0.497 e. The van der Waals surface area contributed by atoms with E-state index in [2.05, 4.69) is 5.32 Å². The third-order valence-corrected chi connectivity index (χ3v) is 4.95. The van der Waals surface area contributed by atoms with Gasteiger partial charge in [0.15, 0.2) is 9.84 Å². The lowest BCUT2D eigenvalue weighted by molar-refractivity contribution is 0.222. The van der Waals surface area contributed by atoms with Crippen molar-refractivity contribution in [1.29, 1.82) is 0 Å². The molecule has 6 nitrogen and oxygen atoms in total. The molecule has 2 rings (SSSR count). The van der Waals surface area contributed by atoms with E-state index in [9.17, 15) is 13.2 Å². The molecule has 1 saturated heterocycles. The fourth-order valence-corrected chi connectivity index (χ4v) is 3.15. The number of likely N-dealkylation sites (tertiary alicyclic amines) is 1. The van der Waals surface area contributed by atoms with Crippen molar-refractivity contribution in [3.63, 3.8) is 0 Å². The van der Waals surface area contributed by atoms with E-state index in [0.717, 1.165) is 0 Å². The van der Waals surface area contributed by atoms with Gasteiger partial charge < -0.3 is 15.0 Å². The summed E-state index contributed by atoms with van der Waals surface area (Å²) in [5, 5.41) is 2.28. The minimum atomic E-state index is -3.09. The van der Waals surface area contributed by atoms with Crippen molar-refractivity contribution in [2.45, 2.75) is 11.7 Å². The Morgan fingerprint density at radius 1 is 1.45 bits per heavy atom. The molecule has 1 aromatic rings. The maximum atomic E-state index is 12.1. The molecule has 0 saturated carbocycles. The lowest BCUT2D eigenvalue weighted by atomic mass is 10.3. The molecule has 1 aliphatic rings. The molecule has 0 spiro atoms. The molecule has 1 aliphatic heterocycles. The highest BCUT2D eigenvalue weighted by Crippen LogP contribution is 2.20. The van der Waals surface area contributed by atoms with Gasteiger partial charge in [0.25, 0.3) is 0 Å². The molecule has 1 fully saturated rings. The quantitative estimate of drug-likeness (QED) is 0.914. The molecule has 0 aliphatic carbocycles. The Morgan fingerprint density at radius 3 is 2.80 bits per heavy atom. The van der Waals surface area contributed by atoms with E-state index in [0.29, 0.717) is 24.4 Å². The van der Waals surface area contributed by atoms with Gasteiger partial charge in [0.1, 0.15) is 5.75 Å². The van der Waals surface area contributed by atoms with Crippen LogP contribution in [0.5, 0.6) is 5.75 Å². The molecule has 110 valence electrons. The minimum absolute atomic E-state index is 0.245. The van der Waals surface area contributed by atoms with Crippen molar-refractivity contribution < 1.29 is 17.9 Å². The standard InChI is InChI=1S/C13H18N2O4S/c1-19-11-5-3-4-10(8-11)14-13(16)15-7-6-12(9-15)20(2,17)18/h3-5,8,12H,6-7,9H2,1-2H3,(H,14,16). The van der Waals surface area contributed by atoms with E-state index in [1.807, 2.05) is 0 Å². The monoisotopic (exact) mass is 298 g/mol. The zero-order valence-corrected chi connectivity index (χ0v) is 12.3. The van der Waals surface area contributed by atoms with E-state index in [1.165, 1.54) is 11.2 Å². The van der Waals surface area contributed by atoms with E-state index < -0.39 is 15.1 Å². The van der Waals surface area contributed by atoms with E-state index in [-0.39, 0.29) is 12.6 Å². The number of sulfone groups is 1. The van der Waals surface area contributed by atoms with Crippen molar-refractivity contribution in [2.75, 3.05) is 31.8 Å². The van der Waals surface area contributed by atoms with E-state index in [4.69, 9.17) is 4.74 Å². The van der Waals surface area contributed by atoms with Crippen molar-refractivity contribution in [3.8, 4) is 5.75 Å². The fourth-order valence-electron chi connectivity index (χ4n) is 2.17. The van der Waals surface area contributed by atoms with Gasteiger partial charge in [0.2, 0.25) is 0 Å². The Kier molecular flexibility index (Phi) is 4.17. The lowest BCUT2D eigenvalue weighted by Gasteiger charge is -2.17. The van der Waals surface area contributed by atoms with Crippen molar-refractivity contribution >= 4 is 21.6 Å². The maximum Gasteiger partial charge on any atom is 0.321 e. The van der Waals surface area contributed by atoms with Crippen LogP contribution in [0, 0.1) is 0 Å². The molecule has 1 aromatic carbocycles. The molecule has 7 heteroatoms. The Hall–Kier alpha value is -1.76. The van der Waals surface area contributed by atoms with Gasteiger partial charge in [-0.3, -0.25) is 0 Å². The number of ether oxygens (including phenoxy) is 1. The first kappa shape index (κ1) is 14.6. The first-order valence-corrected chi connectivity index (χ1v) is 8.24. The van der Waals surface area contributed by atoms with Crippen LogP contribution in [0.15, 0.2) is 24.3 Å². The van der Waals surface area contributed by atoms with Crippen LogP contribution in [-0.2, 0) is 9.84 Å². The number of methoxy groups -OCH3 is 1. The average Bonchev–Trinajstić information content (AvgIpc) is 2.88. The Balaban J connectivity index is 1.99. The molecule has 1 unspecified atom stereocenters. The third-order valence-electron chi connectivity index (χ3n) is 3.36. The van der Waals surface area contributed by atoms with Crippen LogP contribution >= 0.6 is 0 Å². The number of hydrogen-bond acceptors (Lipinski definition) is 4. The SMILES string of the molecule is COc1cccc(NC(=O)N2CCC(S(C)(=O)=O)C2)c1. The second-order valence-electron chi connectivity index (χ2n) is 4.85. The topological polar surface area (TPSA) is 75.7 Å². The molecule has 20 heavy (non-hydrogen) atoms. The lowest BCUT2D eigenvalue weighted by Crippen LogP contribution is -2.34. The van der Waals surface area contributed by atoms with Crippen LogP contribution in [0.1, 0.15) is 6.42 Å². The van der Waals surface area contributed by atoms with Gasteiger partial charge >= 0.3 is 6.03 Å². The van der Waals surface area contributed by atoms with Crippen molar-refractivity contribution in [3.05, 3.63) is 24.3 Å². The molecule has 0 radical (unpaired) electrons. The first-order chi connectivity index (χ1) is 9.40. The molecule has 0 bridgehead atoms. The van der Waals surface area contributed by atoms with E-state index >= 15 is 0 Å². The minimum Gasteiger partial charge on any atom is -0.497 e. The molecule has 1 heterocycles. The van der Waals surface area contributed by atoms with Crippen LogP contribution < -0.4 is 10.1 Å². The highest BCUT2D eigenvalue weighted by atomic mass is 32.2. The molecule has 0 aromatic heterocycles. The zero-order chi connectivity index (χ0) is 14.8. The first-order valence-electron chi connectivity index (χ1n) is 6.29. The maximum absolute atomic E-state index is 12.1. The van der Waals surface area contributed by atoms with Gasteiger partial charge in [-0.1, -0.05) is 6.07 Å². The Morgan fingerprint density at radius 2 is 2.20 bits per heavy atom. The van der Waals surface area contributed by atoms with Crippen molar-refractivity contribution in [1.82, 2.24) is 4.90 Å². The molecule has 1 atom stereocenters. The van der Waals surface area contributed by atoms with Crippen LogP contribution in [0.4, 0.5) is 10.5 Å².